The highest BCUT2D eigenvalue weighted by atomic mass is 32.1. The summed E-state index contributed by atoms with van der Waals surface area (Å²) in [7, 11) is 0. The molecule has 7 heteroatoms. The summed E-state index contributed by atoms with van der Waals surface area (Å²) < 4.78 is 0. The quantitative estimate of drug-likeness (QED) is 0.725. The predicted molar refractivity (Wildman–Crippen MR) is 76.0 cm³/mol. The Morgan fingerprint density at radius 1 is 1.35 bits per heavy atom. The number of amides is 1. The molecule has 0 bridgehead atoms. The molecule has 1 amide bonds. The van der Waals surface area contributed by atoms with Crippen molar-refractivity contribution in [2.45, 2.75) is 18.9 Å². The maximum atomic E-state index is 11.9. The maximum absolute atomic E-state index is 11.9. The lowest BCUT2D eigenvalue weighted by Crippen LogP contribution is -2.38. The number of hydrogen-bond donors (Lipinski definition) is 3. The molecule has 6 nitrogen and oxygen atoms in total. The second-order valence-electron chi connectivity index (χ2n) is 4.36. The number of hydrogen-bond acceptors (Lipinski definition) is 5. The van der Waals surface area contributed by atoms with Crippen LogP contribution in [0.2, 0.25) is 0 Å². The fraction of sp³-hybridized carbons (Fsp3) is 0.308. The van der Waals surface area contributed by atoms with Crippen LogP contribution < -0.4 is 0 Å². The van der Waals surface area contributed by atoms with E-state index in [1.165, 1.54) is 12.1 Å². The topological polar surface area (TPSA) is 90.2 Å². The normalized spacial score (nSPS) is 17.9. The van der Waals surface area contributed by atoms with E-state index in [1.807, 2.05) is 0 Å². The van der Waals surface area contributed by atoms with Gasteiger partial charge in [-0.15, -0.1) is 0 Å². The van der Waals surface area contributed by atoms with Gasteiger partial charge in [0.05, 0.1) is 5.71 Å². The third-order valence-corrected chi connectivity index (χ3v) is 3.20. The van der Waals surface area contributed by atoms with Crippen LogP contribution >= 0.6 is 12.6 Å². The molecule has 1 unspecified atom stereocenters. The molecule has 0 aliphatic carbocycles. The second-order valence-corrected chi connectivity index (χ2v) is 4.81. The molecule has 0 saturated carbocycles. The average molecular weight is 294 g/mol. The lowest BCUT2D eigenvalue weighted by atomic mass is 10.0. The molecule has 1 atom stereocenters. The van der Waals surface area contributed by atoms with Gasteiger partial charge < -0.3 is 10.2 Å². The van der Waals surface area contributed by atoms with Crippen LogP contribution in [0.15, 0.2) is 29.4 Å². The van der Waals surface area contributed by atoms with Crippen LogP contribution in [0.5, 0.6) is 5.75 Å². The number of carboxylic acids is 1. The number of hydrazone groups is 1. The van der Waals surface area contributed by atoms with Crippen molar-refractivity contribution in [3.8, 4) is 5.75 Å². The van der Waals surface area contributed by atoms with Crippen molar-refractivity contribution >= 4 is 30.2 Å². The van der Waals surface area contributed by atoms with Gasteiger partial charge in [0.2, 0.25) is 5.91 Å². The average Bonchev–Trinajstić information content (AvgIpc) is 2.85. The zero-order chi connectivity index (χ0) is 14.7. The molecular weight excluding hydrogens is 280 g/mol. The number of carboxylic acid groups (broad SMARTS) is 1. The highest BCUT2D eigenvalue weighted by Gasteiger charge is 2.36. The lowest BCUT2D eigenvalue weighted by Gasteiger charge is -2.17. The number of nitrogens with zero attached hydrogens (tertiary/aromatic N) is 2. The number of rotatable bonds is 4. The van der Waals surface area contributed by atoms with Crippen molar-refractivity contribution in [3.63, 3.8) is 0 Å². The summed E-state index contributed by atoms with van der Waals surface area (Å²) in [6, 6.07) is 5.28. The van der Waals surface area contributed by atoms with Crippen LogP contribution in [0.3, 0.4) is 0 Å². The number of phenolic OH excluding ortho intramolecular Hbond substituents is 1. The number of carbonyl (C=O) groups excluding carboxylic acids is 1. The molecule has 2 rings (SSSR count). The summed E-state index contributed by atoms with van der Waals surface area (Å²) in [6.45, 7) is 0. The van der Waals surface area contributed by atoms with E-state index < -0.39 is 12.0 Å². The number of benzene rings is 1. The van der Waals surface area contributed by atoms with Gasteiger partial charge in [0.25, 0.3) is 0 Å². The highest BCUT2D eigenvalue weighted by molar-refractivity contribution is 7.80. The number of aliphatic carboxylic acids is 1. The number of thiol groups is 1. The molecule has 2 N–H and O–H groups in total. The predicted octanol–water partition coefficient (Wildman–Crippen LogP) is 1.10. The fourth-order valence-electron chi connectivity index (χ4n) is 1.97. The molecule has 1 aliphatic rings. The number of aromatic hydroxyl groups is 1. The Morgan fingerprint density at radius 2 is 2.00 bits per heavy atom. The zero-order valence-electron chi connectivity index (χ0n) is 10.6. The highest BCUT2D eigenvalue weighted by Crippen LogP contribution is 2.22. The van der Waals surface area contributed by atoms with Gasteiger partial charge in [-0.25, -0.2) is 9.80 Å². The van der Waals surface area contributed by atoms with Crippen LogP contribution in [0.25, 0.3) is 0 Å². The van der Waals surface area contributed by atoms with Crippen LogP contribution in [0.1, 0.15) is 18.4 Å². The van der Waals surface area contributed by atoms with Crippen molar-refractivity contribution in [1.29, 1.82) is 0 Å². The standard InChI is InChI=1S/C13H14N2O4S/c16-9-3-1-8(2-4-9)10-7-11(13(18)19)15(14-10)12(17)5-6-20/h1-4,11,16,20H,5-7H2,(H,18,19). The summed E-state index contributed by atoms with van der Waals surface area (Å²) >= 11 is 3.97. The maximum Gasteiger partial charge on any atom is 0.329 e. The van der Waals surface area contributed by atoms with E-state index in [2.05, 4.69) is 17.7 Å². The van der Waals surface area contributed by atoms with Gasteiger partial charge in [0.15, 0.2) is 6.04 Å². The van der Waals surface area contributed by atoms with E-state index in [-0.39, 0.29) is 24.5 Å². The Labute approximate surface area is 121 Å². The van der Waals surface area contributed by atoms with E-state index in [4.69, 9.17) is 0 Å². The van der Waals surface area contributed by atoms with E-state index in [9.17, 15) is 19.8 Å². The van der Waals surface area contributed by atoms with E-state index in [0.717, 1.165) is 5.01 Å². The molecule has 0 aromatic heterocycles. The Morgan fingerprint density at radius 3 is 2.55 bits per heavy atom. The van der Waals surface area contributed by atoms with Crippen molar-refractivity contribution in [2.75, 3.05) is 5.75 Å². The van der Waals surface area contributed by atoms with E-state index in [0.29, 0.717) is 17.0 Å². The van der Waals surface area contributed by atoms with Crippen LogP contribution in [0, 0.1) is 0 Å². The first-order valence-electron chi connectivity index (χ1n) is 6.05. The minimum absolute atomic E-state index is 0.116. The molecule has 0 spiro atoms. The molecule has 1 aromatic carbocycles. The van der Waals surface area contributed by atoms with Gasteiger partial charge in [-0.2, -0.15) is 17.7 Å². The summed E-state index contributed by atoms with van der Waals surface area (Å²) in [5.41, 5.74) is 1.21. The first kappa shape index (κ1) is 14.4. The Hall–Kier alpha value is -2.02. The van der Waals surface area contributed by atoms with E-state index >= 15 is 0 Å². The van der Waals surface area contributed by atoms with Crippen LogP contribution in [0.4, 0.5) is 0 Å². The molecule has 0 radical (unpaired) electrons. The molecule has 20 heavy (non-hydrogen) atoms. The lowest BCUT2D eigenvalue weighted by molar-refractivity contribution is -0.148. The van der Waals surface area contributed by atoms with Gasteiger partial charge in [0.1, 0.15) is 5.75 Å². The Kier molecular flexibility index (Phi) is 4.29. The summed E-state index contributed by atoms with van der Waals surface area (Å²) in [5.74, 6) is -0.993. The Bertz CT molecular complexity index is 556. The largest absolute Gasteiger partial charge is 0.508 e. The molecule has 1 heterocycles. The molecule has 1 aliphatic heterocycles. The van der Waals surface area contributed by atoms with Crippen molar-refractivity contribution in [2.24, 2.45) is 5.10 Å². The number of phenols is 1. The third kappa shape index (κ3) is 2.93. The van der Waals surface area contributed by atoms with Crippen molar-refractivity contribution in [1.82, 2.24) is 5.01 Å². The SMILES string of the molecule is O=C(O)C1CC(c2ccc(O)cc2)=NN1C(=O)CCS. The smallest absolute Gasteiger partial charge is 0.329 e. The van der Waals surface area contributed by atoms with Crippen LogP contribution in [-0.2, 0) is 9.59 Å². The number of carbonyl (C=O) groups is 2. The fourth-order valence-corrected chi connectivity index (χ4v) is 2.16. The van der Waals surface area contributed by atoms with Gasteiger partial charge in [-0.1, -0.05) is 0 Å². The van der Waals surface area contributed by atoms with Crippen molar-refractivity contribution < 1.29 is 19.8 Å². The van der Waals surface area contributed by atoms with Gasteiger partial charge >= 0.3 is 5.97 Å². The van der Waals surface area contributed by atoms with Gasteiger partial charge in [-0.3, -0.25) is 4.79 Å². The molecule has 1 aromatic rings. The summed E-state index contributed by atoms with van der Waals surface area (Å²) in [4.78, 5) is 23.1. The monoisotopic (exact) mass is 294 g/mol. The molecule has 106 valence electrons. The first-order chi connectivity index (χ1) is 9.52. The third-order valence-electron chi connectivity index (χ3n) is 2.98. The van der Waals surface area contributed by atoms with E-state index in [1.54, 1.807) is 12.1 Å². The van der Waals surface area contributed by atoms with Gasteiger partial charge in [-0.05, 0) is 35.6 Å². The zero-order valence-corrected chi connectivity index (χ0v) is 11.5. The molecule has 0 saturated heterocycles. The second kappa shape index (κ2) is 5.96. The summed E-state index contributed by atoms with van der Waals surface area (Å²) in [6.07, 6.45) is 0.289. The van der Waals surface area contributed by atoms with Crippen molar-refractivity contribution in [3.05, 3.63) is 29.8 Å². The molecule has 0 fully saturated rings. The minimum Gasteiger partial charge on any atom is -0.508 e. The summed E-state index contributed by atoms with van der Waals surface area (Å²) in [5, 5.41) is 23.6. The Balaban J connectivity index is 2.27. The first-order valence-corrected chi connectivity index (χ1v) is 6.68. The van der Waals surface area contributed by atoms with Crippen LogP contribution in [-0.4, -0.2) is 44.6 Å². The molecular formula is C13H14N2O4S. The van der Waals surface area contributed by atoms with Gasteiger partial charge in [0, 0.05) is 12.8 Å². The minimum atomic E-state index is -1.09.